The molecule has 3 heterocycles. The third kappa shape index (κ3) is 3.31. The van der Waals surface area contributed by atoms with Crippen LogP contribution in [0.4, 0.5) is 11.6 Å². The summed E-state index contributed by atoms with van der Waals surface area (Å²) < 4.78 is 1.86. The van der Waals surface area contributed by atoms with Crippen molar-refractivity contribution in [2.24, 2.45) is 10.9 Å². The summed E-state index contributed by atoms with van der Waals surface area (Å²) in [6.07, 6.45) is 6.42. The van der Waals surface area contributed by atoms with Crippen LogP contribution in [0.2, 0.25) is 0 Å². The van der Waals surface area contributed by atoms with E-state index in [4.69, 9.17) is 4.98 Å². The smallest absolute Gasteiger partial charge is 0.241 e. The average molecular weight is 348 g/mol. The predicted molar refractivity (Wildman–Crippen MR) is 105 cm³/mol. The zero-order chi connectivity index (χ0) is 18.3. The number of nitrogens with one attached hydrogen (secondary N) is 1. The highest BCUT2D eigenvalue weighted by atomic mass is 15.3. The molecule has 3 aromatic heterocycles. The van der Waals surface area contributed by atoms with Crippen LogP contribution < -0.4 is 5.32 Å². The quantitative estimate of drug-likeness (QED) is 0.693. The van der Waals surface area contributed by atoms with Crippen LogP contribution in [0.15, 0.2) is 35.6 Å². The number of hydrogen-bond donors (Lipinski definition) is 1. The van der Waals surface area contributed by atoms with Crippen molar-refractivity contribution in [2.45, 2.75) is 46.6 Å². The first kappa shape index (κ1) is 16.7. The molecule has 1 aliphatic rings. The fourth-order valence-corrected chi connectivity index (χ4v) is 3.16. The Balaban J connectivity index is 1.64. The molecule has 4 rings (SSSR count). The predicted octanol–water partition coefficient (Wildman–Crippen LogP) is 4.42. The first-order valence-electron chi connectivity index (χ1n) is 9.12. The number of nitrogens with zero attached hydrogens (tertiary/aromatic N) is 5. The normalized spacial score (nSPS) is 15.1. The Kier molecular flexibility index (Phi) is 4.18. The summed E-state index contributed by atoms with van der Waals surface area (Å²) >= 11 is 0. The molecular weight excluding hydrogens is 324 g/mol. The summed E-state index contributed by atoms with van der Waals surface area (Å²) in [6, 6.07) is 6.48. The number of fused-ring (bicyclic) bond motifs is 1. The molecule has 1 atom stereocenters. The van der Waals surface area contributed by atoms with Gasteiger partial charge in [0.15, 0.2) is 0 Å². The van der Waals surface area contributed by atoms with Crippen LogP contribution in [0, 0.1) is 12.8 Å². The molecule has 0 spiro atoms. The second kappa shape index (κ2) is 6.52. The number of rotatable bonds is 5. The van der Waals surface area contributed by atoms with E-state index >= 15 is 0 Å². The van der Waals surface area contributed by atoms with Crippen LogP contribution in [0.5, 0.6) is 0 Å². The van der Waals surface area contributed by atoms with E-state index in [0.29, 0.717) is 12.0 Å². The van der Waals surface area contributed by atoms with Crippen LogP contribution >= 0.6 is 0 Å². The number of aromatic nitrogens is 4. The van der Waals surface area contributed by atoms with Crippen molar-refractivity contribution in [1.82, 2.24) is 19.6 Å². The van der Waals surface area contributed by atoms with Gasteiger partial charge in [-0.3, -0.25) is 9.98 Å². The second-order valence-corrected chi connectivity index (χ2v) is 7.27. The number of pyridine rings is 1. The first-order chi connectivity index (χ1) is 12.5. The van der Waals surface area contributed by atoms with Gasteiger partial charge in [-0.15, -0.1) is 5.10 Å². The zero-order valence-electron chi connectivity index (χ0n) is 15.7. The van der Waals surface area contributed by atoms with Gasteiger partial charge in [-0.05, 0) is 64.7 Å². The van der Waals surface area contributed by atoms with E-state index in [9.17, 15) is 0 Å². The molecule has 3 aromatic rings. The Morgan fingerprint density at radius 3 is 2.77 bits per heavy atom. The third-order valence-corrected chi connectivity index (χ3v) is 4.78. The highest BCUT2D eigenvalue weighted by Gasteiger charge is 2.28. The lowest BCUT2D eigenvalue weighted by Crippen LogP contribution is -2.19. The maximum atomic E-state index is 4.73. The Hall–Kier alpha value is -2.76. The average Bonchev–Trinajstić information content (AvgIpc) is 3.37. The molecule has 0 aromatic carbocycles. The summed E-state index contributed by atoms with van der Waals surface area (Å²) in [7, 11) is 0. The molecule has 0 unspecified atom stereocenters. The molecule has 1 aliphatic carbocycles. The molecule has 0 bridgehead atoms. The topological polar surface area (TPSA) is 67.5 Å². The molecule has 0 aliphatic heterocycles. The lowest BCUT2D eigenvalue weighted by molar-refractivity contribution is 0.681. The van der Waals surface area contributed by atoms with Crippen molar-refractivity contribution in [3.05, 3.63) is 36.3 Å². The number of aryl methyl sites for hydroxylation is 1. The molecule has 6 nitrogen and oxygen atoms in total. The van der Waals surface area contributed by atoms with E-state index in [-0.39, 0.29) is 0 Å². The van der Waals surface area contributed by atoms with Crippen LogP contribution in [-0.2, 0) is 0 Å². The van der Waals surface area contributed by atoms with E-state index < -0.39 is 0 Å². The molecular formula is C20H24N6. The minimum absolute atomic E-state index is 0.418. The molecule has 134 valence electrons. The van der Waals surface area contributed by atoms with Gasteiger partial charge in [-0.25, -0.2) is 9.50 Å². The highest BCUT2D eigenvalue weighted by Crippen LogP contribution is 2.33. The lowest BCUT2D eigenvalue weighted by atomic mass is 10.1. The van der Waals surface area contributed by atoms with Gasteiger partial charge in [0.05, 0.1) is 28.8 Å². The Bertz CT molecular complexity index is 979. The maximum Gasteiger partial charge on any atom is 0.241 e. The number of hydrogen-bond acceptors (Lipinski definition) is 5. The van der Waals surface area contributed by atoms with Crippen LogP contribution in [0.1, 0.15) is 39.3 Å². The summed E-state index contributed by atoms with van der Waals surface area (Å²) in [5.41, 5.74) is 5.73. The zero-order valence-corrected chi connectivity index (χ0v) is 15.7. The van der Waals surface area contributed by atoms with Crippen molar-refractivity contribution >= 4 is 22.9 Å². The van der Waals surface area contributed by atoms with Crippen LogP contribution in [0.3, 0.4) is 0 Å². The molecule has 6 heteroatoms. The summed E-state index contributed by atoms with van der Waals surface area (Å²) in [4.78, 5) is 13.7. The molecule has 0 amide bonds. The van der Waals surface area contributed by atoms with Gasteiger partial charge in [0.25, 0.3) is 0 Å². The van der Waals surface area contributed by atoms with Gasteiger partial charge in [-0.2, -0.15) is 0 Å². The van der Waals surface area contributed by atoms with Gasteiger partial charge in [0, 0.05) is 23.5 Å². The standard InChI is InChI=1S/C20H24N6/c1-12(2)22-17-7-8-18(23-14(17)4)16-9-10-26-19(16)11-21-20(25-26)24-13(3)15-5-6-15/h7-11,13,15H,5-6H2,1-4H3,(H,24,25)/t13-/m1/s1. The van der Waals surface area contributed by atoms with Crippen molar-refractivity contribution in [3.63, 3.8) is 0 Å². The van der Waals surface area contributed by atoms with Crippen molar-refractivity contribution in [1.29, 1.82) is 0 Å². The van der Waals surface area contributed by atoms with Gasteiger partial charge in [0.1, 0.15) is 0 Å². The molecule has 0 saturated heterocycles. The largest absolute Gasteiger partial charge is 0.350 e. The van der Waals surface area contributed by atoms with E-state index in [2.05, 4.69) is 27.3 Å². The highest BCUT2D eigenvalue weighted by molar-refractivity contribution is 5.83. The third-order valence-electron chi connectivity index (χ3n) is 4.78. The summed E-state index contributed by atoms with van der Waals surface area (Å²) in [6.45, 7) is 8.16. The fraction of sp³-hybridized carbons (Fsp3) is 0.400. The van der Waals surface area contributed by atoms with E-state index in [1.165, 1.54) is 12.8 Å². The SMILES string of the molecule is CC(C)=Nc1ccc(-c2ccn3nc(N[C@H](C)C4CC4)ncc23)nc1C. The second-order valence-electron chi connectivity index (χ2n) is 7.27. The van der Waals surface area contributed by atoms with Gasteiger partial charge in [-0.1, -0.05) is 0 Å². The van der Waals surface area contributed by atoms with E-state index in [1.807, 2.05) is 55.9 Å². The molecule has 1 fully saturated rings. The van der Waals surface area contributed by atoms with Gasteiger partial charge in [0.2, 0.25) is 5.95 Å². The Morgan fingerprint density at radius 2 is 2.08 bits per heavy atom. The minimum Gasteiger partial charge on any atom is -0.350 e. The molecule has 1 saturated carbocycles. The van der Waals surface area contributed by atoms with Crippen molar-refractivity contribution < 1.29 is 0 Å². The van der Waals surface area contributed by atoms with E-state index in [0.717, 1.165) is 39.8 Å². The Morgan fingerprint density at radius 1 is 1.27 bits per heavy atom. The van der Waals surface area contributed by atoms with Crippen LogP contribution in [0.25, 0.3) is 16.8 Å². The van der Waals surface area contributed by atoms with Gasteiger partial charge < -0.3 is 5.32 Å². The fourth-order valence-electron chi connectivity index (χ4n) is 3.16. The number of anilines is 1. The van der Waals surface area contributed by atoms with Crippen molar-refractivity contribution in [3.8, 4) is 11.3 Å². The molecule has 1 N–H and O–H groups in total. The maximum absolute atomic E-state index is 4.73. The van der Waals surface area contributed by atoms with Crippen LogP contribution in [-0.4, -0.2) is 31.3 Å². The summed E-state index contributed by atoms with van der Waals surface area (Å²) in [5.74, 6) is 1.43. The van der Waals surface area contributed by atoms with Gasteiger partial charge >= 0.3 is 0 Å². The van der Waals surface area contributed by atoms with Crippen molar-refractivity contribution in [2.75, 3.05) is 5.32 Å². The monoisotopic (exact) mass is 348 g/mol. The lowest BCUT2D eigenvalue weighted by Gasteiger charge is -2.12. The molecule has 0 radical (unpaired) electrons. The first-order valence-corrected chi connectivity index (χ1v) is 9.12. The molecule has 26 heavy (non-hydrogen) atoms. The minimum atomic E-state index is 0.418. The Labute approximate surface area is 153 Å². The summed E-state index contributed by atoms with van der Waals surface area (Å²) in [5, 5.41) is 8.00. The van der Waals surface area contributed by atoms with E-state index in [1.54, 1.807) is 0 Å². The number of aliphatic imine (C=N–C) groups is 1.